The first-order chi connectivity index (χ1) is 19.7. The number of aromatic nitrogens is 2. The first kappa shape index (κ1) is 25.1. The Bertz CT molecular complexity index is 1530. The molecule has 6 aromatic rings. The summed E-state index contributed by atoms with van der Waals surface area (Å²) in [6.07, 6.45) is 0. The highest BCUT2D eigenvalue weighted by Crippen LogP contribution is 2.31. The average molecular weight is 519 g/mol. The van der Waals surface area contributed by atoms with Crippen LogP contribution in [0.1, 0.15) is 13.8 Å². The van der Waals surface area contributed by atoms with Gasteiger partial charge in [-0.3, -0.25) is 0 Å². The van der Waals surface area contributed by atoms with Gasteiger partial charge in [0.1, 0.15) is 0 Å². The highest BCUT2D eigenvalue weighted by atomic mass is 15.4. The average Bonchev–Trinajstić information content (AvgIpc) is 3.63. The summed E-state index contributed by atoms with van der Waals surface area (Å²) in [7, 11) is 0. The Morgan fingerprint density at radius 1 is 0.350 bits per heavy atom. The zero-order chi connectivity index (χ0) is 27.3. The van der Waals surface area contributed by atoms with E-state index < -0.39 is 0 Å². The van der Waals surface area contributed by atoms with Crippen molar-refractivity contribution in [2.45, 2.75) is 13.8 Å². The van der Waals surface area contributed by atoms with E-state index in [9.17, 15) is 0 Å². The summed E-state index contributed by atoms with van der Waals surface area (Å²) in [5, 5.41) is 10.3. The van der Waals surface area contributed by atoms with Gasteiger partial charge >= 0.3 is 0 Å². The molecule has 0 bridgehead atoms. The Balaban J connectivity index is 1.48. The second kappa shape index (κ2) is 11.3. The SMILES string of the molecule is CC(=N/n1c(-c2ccccc2)ccc1-c1ccccc1)/C(C)=N\n1c(-c2ccccc2)ccc1-c1ccccc1. The van der Waals surface area contributed by atoms with Crippen LogP contribution in [0.25, 0.3) is 45.0 Å². The molecule has 0 saturated carbocycles. The monoisotopic (exact) mass is 518 g/mol. The lowest BCUT2D eigenvalue weighted by Crippen LogP contribution is -2.12. The molecule has 0 unspecified atom stereocenters. The molecule has 2 heterocycles. The first-order valence-corrected chi connectivity index (χ1v) is 13.5. The van der Waals surface area contributed by atoms with Gasteiger partial charge in [-0.15, -0.1) is 0 Å². The van der Waals surface area contributed by atoms with Crippen molar-refractivity contribution in [2.24, 2.45) is 10.2 Å². The molecule has 0 radical (unpaired) electrons. The van der Waals surface area contributed by atoms with Crippen LogP contribution in [0.2, 0.25) is 0 Å². The van der Waals surface area contributed by atoms with E-state index in [-0.39, 0.29) is 0 Å². The summed E-state index contributed by atoms with van der Waals surface area (Å²) >= 11 is 0. The molecule has 0 atom stereocenters. The molecular formula is C36H30N4. The van der Waals surface area contributed by atoms with Crippen LogP contribution in [0, 0.1) is 0 Å². The van der Waals surface area contributed by atoms with E-state index >= 15 is 0 Å². The van der Waals surface area contributed by atoms with Gasteiger partial charge < -0.3 is 0 Å². The number of rotatable bonds is 7. The highest BCUT2D eigenvalue weighted by molar-refractivity contribution is 6.40. The van der Waals surface area contributed by atoms with E-state index in [1.165, 1.54) is 0 Å². The lowest BCUT2D eigenvalue weighted by Gasteiger charge is -2.13. The highest BCUT2D eigenvalue weighted by Gasteiger charge is 2.15. The maximum Gasteiger partial charge on any atom is 0.0812 e. The molecule has 0 spiro atoms. The topological polar surface area (TPSA) is 34.6 Å². The van der Waals surface area contributed by atoms with Crippen molar-refractivity contribution in [1.82, 2.24) is 9.35 Å². The maximum absolute atomic E-state index is 5.15. The molecule has 0 fully saturated rings. The fourth-order valence-electron chi connectivity index (χ4n) is 4.83. The van der Waals surface area contributed by atoms with E-state index in [1.54, 1.807) is 0 Å². The predicted octanol–water partition coefficient (Wildman–Crippen LogP) is 9.11. The van der Waals surface area contributed by atoms with Crippen LogP contribution < -0.4 is 0 Å². The van der Waals surface area contributed by atoms with Crippen LogP contribution in [0.5, 0.6) is 0 Å². The quantitative estimate of drug-likeness (QED) is 0.189. The van der Waals surface area contributed by atoms with Crippen molar-refractivity contribution in [2.75, 3.05) is 0 Å². The lowest BCUT2D eigenvalue weighted by atomic mass is 10.2. The second-order valence-electron chi connectivity index (χ2n) is 9.67. The third-order valence-electron chi connectivity index (χ3n) is 7.01. The summed E-state index contributed by atoms with van der Waals surface area (Å²) in [6, 6.07) is 50.0. The Morgan fingerprint density at radius 3 is 0.800 bits per heavy atom. The molecule has 6 rings (SSSR count). The lowest BCUT2D eigenvalue weighted by molar-refractivity contribution is 0.894. The Morgan fingerprint density at radius 2 is 0.575 bits per heavy atom. The number of hydrogen-bond donors (Lipinski definition) is 0. The third-order valence-corrected chi connectivity index (χ3v) is 7.01. The zero-order valence-electron chi connectivity index (χ0n) is 22.6. The van der Waals surface area contributed by atoms with Gasteiger partial charge in [0.2, 0.25) is 0 Å². The summed E-state index contributed by atoms with van der Waals surface area (Å²) in [6.45, 7) is 4.05. The molecule has 0 aliphatic carbocycles. The Hall–Kier alpha value is -5.22. The largest absolute Gasteiger partial charge is 0.232 e. The molecule has 0 aliphatic rings. The molecule has 4 heteroatoms. The van der Waals surface area contributed by atoms with Crippen LogP contribution in [-0.4, -0.2) is 20.8 Å². The van der Waals surface area contributed by atoms with Crippen molar-refractivity contribution in [3.63, 3.8) is 0 Å². The predicted molar refractivity (Wildman–Crippen MR) is 168 cm³/mol. The second-order valence-corrected chi connectivity index (χ2v) is 9.67. The van der Waals surface area contributed by atoms with Crippen molar-refractivity contribution in [1.29, 1.82) is 0 Å². The summed E-state index contributed by atoms with van der Waals surface area (Å²) in [5.41, 5.74) is 10.2. The molecular weight excluding hydrogens is 488 g/mol. The van der Waals surface area contributed by atoms with Crippen LogP contribution >= 0.6 is 0 Å². The van der Waals surface area contributed by atoms with Gasteiger partial charge in [0, 0.05) is 22.3 Å². The molecule has 2 aromatic heterocycles. The third kappa shape index (κ3) is 5.07. The van der Waals surface area contributed by atoms with E-state index in [2.05, 4.69) is 121 Å². The molecule has 194 valence electrons. The van der Waals surface area contributed by atoms with E-state index in [4.69, 9.17) is 10.2 Å². The molecule has 0 N–H and O–H groups in total. The Labute approximate surface area is 235 Å². The Kier molecular flexibility index (Phi) is 7.06. The van der Waals surface area contributed by atoms with Gasteiger partial charge in [0.05, 0.1) is 34.2 Å². The molecule has 40 heavy (non-hydrogen) atoms. The van der Waals surface area contributed by atoms with E-state index in [0.29, 0.717) is 0 Å². The smallest absolute Gasteiger partial charge is 0.0812 e. The molecule has 4 aromatic carbocycles. The van der Waals surface area contributed by atoms with E-state index in [0.717, 1.165) is 56.5 Å². The summed E-state index contributed by atoms with van der Waals surface area (Å²) < 4.78 is 4.07. The molecule has 0 amide bonds. The minimum absolute atomic E-state index is 0.831. The summed E-state index contributed by atoms with van der Waals surface area (Å²) in [5.74, 6) is 0. The van der Waals surface area contributed by atoms with Gasteiger partial charge in [-0.05, 0) is 38.1 Å². The minimum Gasteiger partial charge on any atom is -0.232 e. The van der Waals surface area contributed by atoms with E-state index in [1.807, 2.05) is 47.5 Å². The first-order valence-electron chi connectivity index (χ1n) is 13.5. The van der Waals surface area contributed by atoms with Crippen LogP contribution in [-0.2, 0) is 0 Å². The van der Waals surface area contributed by atoms with Crippen LogP contribution in [0.3, 0.4) is 0 Å². The van der Waals surface area contributed by atoms with Gasteiger partial charge in [-0.2, -0.15) is 10.2 Å². The van der Waals surface area contributed by atoms with Gasteiger partial charge in [-0.1, -0.05) is 121 Å². The summed E-state index contributed by atoms with van der Waals surface area (Å²) in [4.78, 5) is 0. The van der Waals surface area contributed by atoms with Gasteiger partial charge in [0.15, 0.2) is 0 Å². The number of hydrogen-bond acceptors (Lipinski definition) is 2. The number of benzene rings is 4. The number of nitrogens with zero attached hydrogens (tertiary/aromatic N) is 4. The van der Waals surface area contributed by atoms with Gasteiger partial charge in [-0.25, -0.2) is 9.35 Å². The standard InChI is InChI=1S/C36H30N4/c1-27(37-39-33(29-15-7-3-8-16-29)23-24-34(39)30-17-9-4-10-18-30)28(2)38-40-35(31-19-11-5-12-20-31)25-26-36(40)32-21-13-6-14-22-32/h3-26H,1-2H3/b37-27-,38-28-. The minimum atomic E-state index is 0.831. The van der Waals surface area contributed by atoms with Crippen molar-refractivity contribution < 1.29 is 0 Å². The molecule has 4 nitrogen and oxygen atoms in total. The fraction of sp³-hybridized carbons (Fsp3) is 0.0556. The maximum atomic E-state index is 5.15. The fourth-order valence-corrected chi connectivity index (χ4v) is 4.83. The van der Waals surface area contributed by atoms with Crippen LogP contribution in [0.15, 0.2) is 156 Å². The zero-order valence-corrected chi connectivity index (χ0v) is 22.6. The molecule has 0 saturated heterocycles. The molecule has 0 aliphatic heterocycles. The van der Waals surface area contributed by atoms with Crippen LogP contribution in [0.4, 0.5) is 0 Å². The van der Waals surface area contributed by atoms with Gasteiger partial charge in [0.25, 0.3) is 0 Å². The van der Waals surface area contributed by atoms with Crippen molar-refractivity contribution >= 4 is 11.4 Å². The normalized spacial score (nSPS) is 12.1. The van der Waals surface area contributed by atoms with Crippen molar-refractivity contribution in [3.8, 4) is 45.0 Å². The van der Waals surface area contributed by atoms with Crippen molar-refractivity contribution in [3.05, 3.63) is 146 Å².